The maximum Gasteiger partial charge on any atom is -0.00435 e. The lowest BCUT2D eigenvalue weighted by molar-refractivity contribution is 0.541. The Morgan fingerprint density at radius 3 is 2.60 bits per heavy atom. The minimum Gasteiger partial charge on any atom is -0.0587 e. The fourth-order valence-electron chi connectivity index (χ4n) is 3.12. The van der Waals surface area contributed by atoms with Gasteiger partial charge in [0.15, 0.2) is 0 Å². The lowest BCUT2D eigenvalue weighted by Gasteiger charge is -2.26. The van der Waals surface area contributed by atoms with Crippen molar-refractivity contribution in [1.29, 1.82) is 0 Å². The Morgan fingerprint density at radius 1 is 1.13 bits per heavy atom. The highest BCUT2D eigenvalue weighted by molar-refractivity contribution is 5.43. The third-order valence-corrected chi connectivity index (χ3v) is 4.32. The Balaban J connectivity index is 2.05. The quantitative estimate of drug-likeness (QED) is 0.638. The van der Waals surface area contributed by atoms with Crippen molar-refractivity contribution in [3.8, 4) is 0 Å². The molecule has 0 bridgehead atoms. The Morgan fingerprint density at radius 2 is 1.93 bits per heavy atom. The largest absolute Gasteiger partial charge is 0.0587 e. The van der Waals surface area contributed by atoms with Gasteiger partial charge in [0, 0.05) is 0 Å². The third-order valence-electron chi connectivity index (χ3n) is 4.32. The van der Waals surface area contributed by atoms with Crippen LogP contribution in [0.2, 0.25) is 0 Å². The van der Waals surface area contributed by atoms with Crippen LogP contribution in [-0.4, -0.2) is 0 Å². The molecule has 0 heteroatoms. The van der Waals surface area contributed by atoms with Gasteiger partial charge in [-0.05, 0) is 60.1 Å². The molecule has 0 unspecified atom stereocenters. The van der Waals surface area contributed by atoms with Crippen molar-refractivity contribution in [2.75, 3.05) is 0 Å². The molecular formula is C15H20. The Hall–Kier alpha value is -0.780. The Bertz CT molecular complexity index is 383. The predicted octanol–water partition coefficient (Wildman–Crippen LogP) is 4.18. The van der Waals surface area contributed by atoms with Crippen molar-refractivity contribution in [3.63, 3.8) is 0 Å². The Labute approximate surface area is 92.7 Å². The van der Waals surface area contributed by atoms with Crippen LogP contribution < -0.4 is 0 Å². The smallest absolute Gasteiger partial charge is 0.00435 e. The zero-order chi connectivity index (χ0) is 10.5. The summed E-state index contributed by atoms with van der Waals surface area (Å²) < 4.78 is 0. The highest BCUT2D eigenvalue weighted by Crippen LogP contribution is 2.55. The molecule has 0 aromatic heterocycles. The van der Waals surface area contributed by atoms with Gasteiger partial charge in [0.1, 0.15) is 0 Å². The van der Waals surface area contributed by atoms with Gasteiger partial charge in [-0.15, -0.1) is 0 Å². The minimum atomic E-state index is 0.642. The van der Waals surface area contributed by atoms with E-state index in [2.05, 4.69) is 32.0 Å². The molecule has 80 valence electrons. The number of benzene rings is 1. The predicted molar refractivity (Wildman–Crippen MR) is 64.4 cm³/mol. The van der Waals surface area contributed by atoms with Crippen LogP contribution >= 0.6 is 0 Å². The summed E-state index contributed by atoms with van der Waals surface area (Å²) in [5.74, 6) is 0.673. The lowest BCUT2D eigenvalue weighted by Crippen LogP contribution is -2.16. The molecule has 1 fully saturated rings. The molecule has 0 amide bonds. The van der Waals surface area contributed by atoms with Crippen LogP contribution in [0, 0.1) is 0 Å². The van der Waals surface area contributed by atoms with Gasteiger partial charge in [0.2, 0.25) is 0 Å². The molecule has 0 heterocycles. The SMILES string of the molecule is CC(C)c1ccc2c(c1)CCCC21CC1. The Kier molecular flexibility index (Phi) is 1.95. The van der Waals surface area contributed by atoms with Crippen molar-refractivity contribution >= 4 is 0 Å². The molecule has 0 N–H and O–H groups in total. The lowest BCUT2D eigenvalue weighted by atomic mass is 9.79. The number of hydrogen-bond acceptors (Lipinski definition) is 0. The molecule has 3 rings (SSSR count). The summed E-state index contributed by atoms with van der Waals surface area (Å²) in [6, 6.07) is 7.25. The fourth-order valence-corrected chi connectivity index (χ4v) is 3.12. The summed E-state index contributed by atoms with van der Waals surface area (Å²) in [6.07, 6.45) is 7.06. The molecule has 0 saturated heterocycles. The second kappa shape index (κ2) is 3.10. The van der Waals surface area contributed by atoms with E-state index in [9.17, 15) is 0 Å². The van der Waals surface area contributed by atoms with E-state index in [1.807, 2.05) is 0 Å². The summed E-state index contributed by atoms with van der Waals surface area (Å²) in [6.45, 7) is 4.58. The van der Waals surface area contributed by atoms with Crippen LogP contribution in [0.5, 0.6) is 0 Å². The van der Waals surface area contributed by atoms with Crippen LogP contribution in [0.25, 0.3) is 0 Å². The van der Waals surface area contributed by atoms with Gasteiger partial charge < -0.3 is 0 Å². The van der Waals surface area contributed by atoms with Gasteiger partial charge in [-0.3, -0.25) is 0 Å². The van der Waals surface area contributed by atoms with Gasteiger partial charge in [0.05, 0.1) is 0 Å². The monoisotopic (exact) mass is 200 g/mol. The number of hydrogen-bond donors (Lipinski definition) is 0. The maximum absolute atomic E-state index is 2.47. The van der Waals surface area contributed by atoms with Gasteiger partial charge in [-0.25, -0.2) is 0 Å². The molecule has 0 nitrogen and oxygen atoms in total. The van der Waals surface area contributed by atoms with E-state index in [4.69, 9.17) is 0 Å². The second-order valence-electron chi connectivity index (χ2n) is 5.71. The second-order valence-corrected chi connectivity index (χ2v) is 5.71. The van der Waals surface area contributed by atoms with Crippen LogP contribution in [-0.2, 0) is 11.8 Å². The van der Waals surface area contributed by atoms with E-state index >= 15 is 0 Å². The number of fused-ring (bicyclic) bond motifs is 2. The zero-order valence-electron chi connectivity index (χ0n) is 9.84. The number of rotatable bonds is 1. The summed E-state index contributed by atoms with van der Waals surface area (Å²) in [4.78, 5) is 0. The van der Waals surface area contributed by atoms with Crippen molar-refractivity contribution in [1.82, 2.24) is 0 Å². The molecule has 0 atom stereocenters. The average molecular weight is 200 g/mol. The van der Waals surface area contributed by atoms with Crippen LogP contribution in [0.3, 0.4) is 0 Å². The molecule has 1 aromatic carbocycles. The minimum absolute atomic E-state index is 0.642. The van der Waals surface area contributed by atoms with Crippen LogP contribution in [0.1, 0.15) is 62.1 Å². The molecule has 2 aliphatic carbocycles. The van der Waals surface area contributed by atoms with E-state index in [0.717, 1.165) is 0 Å². The zero-order valence-corrected chi connectivity index (χ0v) is 9.84. The number of aryl methyl sites for hydroxylation is 1. The van der Waals surface area contributed by atoms with Crippen LogP contribution in [0.4, 0.5) is 0 Å². The molecule has 1 saturated carbocycles. The van der Waals surface area contributed by atoms with Crippen LogP contribution in [0.15, 0.2) is 18.2 Å². The average Bonchev–Trinajstić information content (AvgIpc) is 2.98. The highest BCUT2D eigenvalue weighted by atomic mass is 14.5. The fraction of sp³-hybridized carbons (Fsp3) is 0.600. The maximum atomic E-state index is 2.47. The summed E-state index contributed by atoms with van der Waals surface area (Å²) in [7, 11) is 0. The normalized spacial score (nSPS) is 21.8. The van der Waals surface area contributed by atoms with E-state index in [1.54, 1.807) is 11.1 Å². The summed E-state index contributed by atoms with van der Waals surface area (Å²) in [5.41, 5.74) is 5.51. The van der Waals surface area contributed by atoms with Gasteiger partial charge in [0.25, 0.3) is 0 Å². The van der Waals surface area contributed by atoms with Crippen molar-refractivity contribution < 1.29 is 0 Å². The first-order chi connectivity index (χ1) is 7.21. The van der Waals surface area contributed by atoms with E-state index in [-0.39, 0.29) is 0 Å². The molecule has 1 spiro atoms. The highest BCUT2D eigenvalue weighted by Gasteiger charge is 2.46. The van der Waals surface area contributed by atoms with E-state index in [0.29, 0.717) is 11.3 Å². The summed E-state index contributed by atoms with van der Waals surface area (Å²) in [5, 5.41) is 0. The first-order valence-electron chi connectivity index (χ1n) is 6.35. The van der Waals surface area contributed by atoms with E-state index < -0.39 is 0 Å². The molecule has 0 aliphatic heterocycles. The molecule has 15 heavy (non-hydrogen) atoms. The molecular weight excluding hydrogens is 180 g/mol. The van der Waals surface area contributed by atoms with E-state index in [1.165, 1.54) is 37.7 Å². The van der Waals surface area contributed by atoms with Crippen molar-refractivity contribution in [2.45, 2.75) is 57.3 Å². The molecule has 0 radical (unpaired) electrons. The molecule has 2 aliphatic rings. The third kappa shape index (κ3) is 1.42. The first-order valence-corrected chi connectivity index (χ1v) is 6.35. The topological polar surface area (TPSA) is 0 Å². The summed E-state index contributed by atoms with van der Waals surface area (Å²) >= 11 is 0. The molecule has 1 aromatic rings. The van der Waals surface area contributed by atoms with Crippen molar-refractivity contribution in [2.24, 2.45) is 0 Å². The standard InChI is InChI=1S/C15H20/c1-11(2)12-5-6-14-13(10-12)4-3-7-15(14)8-9-15/h5-6,10-11H,3-4,7-9H2,1-2H3. The van der Waals surface area contributed by atoms with Gasteiger partial charge in [-0.2, -0.15) is 0 Å². The van der Waals surface area contributed by atoms with Gasteiger partial charge in [-0.1, -0.05) is 32.0 Å². The first kappa shape index (κ1) is 9.45. The van der Waals surface area contributed by atoms with Crippen molar-refractivity contribution in [3.05, 3.63) is 34.9 Å². The van der Waals surface area contributed by atoms with Gasteiger partial charge >= 0.3 is 0 Å².